The van der Waals surface area contributed by atoms with Crippen LogP contribution in [0.15, 0.2) is 73.8 Å². The average molecular weight is 578 g/mol. The number of sulfone groups is 1. The SMILES string of the molecule is CC.CCC1=CCC=C(S(=O)(=O)NC(=O)Nc2ccc(-n3cnc4ccc(S(C)(=O)=O)cc4c3=O)nc2)S1. The van der Waals surface area contributed by atoms with Crippen LogP contribution >= 0.6 is 11.8 Å². The highest BCUT2D eigenvalue weighted by Crippen LogP contribution is 2.35. The van der Waals surface area contributed by atoms with Crippen molar-refractivity contribution in [1.29, 1.82) is 0 Å². The van der Waals surface area contributed by atoms with Gasteiger partial charge < -0.3 is 5.32 Å². The molecule has 0 bridgehead atoms. The number of hydrogen-bond acceptors (Lipinski definition) is 9. The van der Waals surface area contributed by atoms with E-state index in [9.17, 15) is 26.4 Å². The number of fused-ring (bicyclic) bond motifs is 1. The second kappa shape index (κ2) is 11.9. The number of nitrogens with zero attached hydrogens (tertiary/aromatic N) is 3. The Bertz CT molecular complexity index is 1690. The van der Waals surface area contributed by atoms with Crippen LogP contribution in [0.4, 0.5) is 10.5 Å². The number of pyridine rings is 1. The number of aromatic nitrogens is 3. The molecule has 11 nitrogen and oxygen atoms in total. The van der Waals surface area contributed by atoms with E-state index < -0.39 is 31.5 Å². The molecule has 0 aliphatic carbocycles. The average Bonchev–Trinajstić information content (AvgIpc) is 2.89. The lowest BCUT2D eigenvalue weighted by molar-refractivity contribution is 0.256. The zero-order valence-corrected chi connectivity index (χ0v) is 23.6. The number of allylic oxidation sites excluding steroid dienone is 3. The molecule has 0 unspecified atom stereocenters. The Balaban J connectivity index is 0.00000195. The van der Waals surface area contributed by atoms with Gasteiger partial charge in [0.15, 0.2) is 9.84 Å². The van der Waals surface area contributed by atoms with Crippen molar-refractivity contribution in [3.63, 3.8) is 0 Å². The second-order valence-corrected chi connectivity index (χ2v) is 12.8. The number of hydrogen-bond donors (Lipinski definition) is 2. The van der Waals surface area contributed by atoms with Gasteiger partial charge in [0, 0.05) is 6.26 Å². The summed E-state index contributed by atoms with van der Waals surface area (Å²) in [5.41, 5.74) is -0.0130. The third-order valence-corrected chi connectivity index (χ3v) is 9.37. The molecule has 0 saturated heterocycles. The molecule has 1 aromatic carbocycles. The summed E-state index contributed by atoms with van der Waals surface area (Å²) in [5.74, 6) is 0.167. The van der Waals surface area contributed by atoms with Gasteiger partial charge in [-0.1, -0.05) is 44.7 Å². The molecule has 3 aromatic rings. The predicted molar refractivity (Wildman–Crippen MR) is 149 cm³/mol. The lowest BCUT2D eigenvalue weighted by Gasteiger charge is -2.15. The second-order valence-electron chi connectivity index (χ2n) is 7.72. The minimum atomic E-state index is -4.03. The first-order chi connectivity index (χ1) is 18.0. The fourth-order valence-corrected chi connectivity index (χ4v) is 6.31. The van der Waals surface area contributed by atoms with Gasteiger partial charge in [0.05, 0.1) is 27.7 Å². The molecule has 0 radical (unpaired) electrons. The van der Waals surface area contributed by atoms with Crippen molar-refractivity contribution in [3.8, 4) is 5.82 Å². The molecule has 0 spiro atoms. The largest absolute Gasteiger partial charge is 0.333 e. The van der Waals surface area contributed by atoms with Gasteiger partial charge in [-0.15, -0.1) is 0 Å². The van der Waals surface area contributed by atoms with Crippen LogP contribution in [0.25, 0.3) is 16.7 Å². The van der Waals surface area contributed by atoms with Gasteiger partial charge in [0.25, 0.3) is 15.6 Å². The Morgan fingerprint density at radius 1 is 1.08 bits per heavy atom. The number of rotatable bonds is 6. The number of carbonyl (C=O) groups excluding carboxylic acids is 1. The van der Waals surface area contributed by atoms with Gasteiger partial charge >= 0.3 is 6.03 Å². The minimum Gasteiger partial charge on any atom is -0.306 e. The number of sulfonamides is 1. The Hall–Kier alpha value is -3.49. The van der Waals surface area contributed by atoms with Crippen molar-refractivity contribution in [2.75, 3.05) is 11.6 Å². The third kappa shape index (κ3) is 6.68. The number of amides is 2. The summed E-state index contributed by atoms with van der Waals surface area (Å²) in [6.45, 7) is 5.92. The van der Waals surface area contributed by atoms with Gasteiger partial charge in [0.1, 0.15) is 16.4 Å². The highest BCUT2D eigenvalue weighted by atomic mass is 32.3. The Kier molecular flexibility index (Phi) is 9.12. The van der Waals surface area contributed by atoms with Gasteiger partial charge in [-0.2, -0.15) is 0 Å². The van der Waals surface area contributed by atoms with Crippen molar-refractivity contribution < 1.29 is 21.6 Å². The van der Waals surface area contributed by atoms with E-state index in [-0.39, 0.29) is 26.0 Å². The molecule has 0 saturated carbocycles. The van der Waals surface area contributed by atoms with E-state index in [1.54, 1.807) is 0 Å². The normalized spacial score (nSPS) is 13.6. The van der Waals surface area contributed by atoms with Crippen molar-refractivity contribution in [2.45, 2.75) is 38.5 Å². The maximum absolute atomic E-state index is 13.0. The summed E-state index contributed by atoms with van der Waals surface area (Å²) < 4.78 is 51.9. The van der Waals surface area contributed by atoms with Crippen LogP contribution in [0.3, 0.4) is 0 Å². The van der Waals surface area contributed by atoms with Crippen molar-refractivity contribution in [2.24, 2.45) is 0 Å². The maximum atomic E-state index is 13.0. The molecular formula is C24H27N5O6S3. The summed E-state index contributed by atoms with van der Waals surface area (Å²) in [6.07, 6.45) is 8.17. The fourth-order valence-electron chi connectivity index (χ4n) is 3.31. The topological polar surface area (TPSA) is 157 Å². The predicted octanol–water partition coefficient (Wildman–Crippen LogP) is 3.93. The van der Waals surface area contributed by atoms with Gasteiger partial charge in [0.2, 0.25) is 0 Å². The van der Waals surface area contributed by atoms with E-state index >= 15 is 0 Å². The van der Waals surface area contributed by atoms with Gasteiger partial charge in [-0.05, 0) is 48.1 Å². The molecule has 1 aliphatic rings. The summed E-state index contributed by atoms with van der Waals surface area (Å²) >= 11 is 1.10. The molecule has 2 amide bonds. The summed E-state index contributed by atoms with van der Waals surface area (Å²) in [7, 11) is -7.55. The molecular weight excluding hydrogens is 550 g/mol. The summed E-state index contributed by atoms with van der Waals surface area (Å²) in [4.78, 5) is 34.5. The number of anilines is 1. The maximum Gasteiger partial charge on any atom is 0.333 e. The molecule has 3 heterocycles. The van der Waals surface area contributed by atoms with Gasteiger partial charge in [-0.25, -0.2) is 36.3 Å². The van der Waals surface area contributed by atoms with E-state index in [1.165, 1.54) is 48.9 Å². The first kappa shape index (κ1) is 29.1. The molecule has 4 rings (SSSR count). The van der Waals surface area contributed by atoms with Crippen LogP contribution in [-0.4, -0.2) is 43.7 Å². The zero-order valence-electron chi connectivity index (χ0n) is 21.1. The number of urea groups is 1. The van der Waals surface area contributed by atoms with Crippen LogP contribution < -0.4 is 15.6 Å². The molecule has 38 heavy (non-hydrogen) atoms. The lowest BCUT2D eigenvalue weighted by Crippen LogP contribution is -2.34. The van der Waals surface area contributed by atoms with E-state index in [4.69, 9.17) is 0 Å². The summed E-state index contributed by atoms with van der Waals surface area (Å²) in [5, 5.41) is 2.50. The molecule has 202 valence electrons. The number of benzene rings is 1. The Morgan fingerprint density at radius 3 is 2.45 bits per heavy atom. The van der Waals surface area contributed by atoms with Crippen molar-refractivity contribution >= 4 is 54.2 Å². The smallest absolute Gasteiger partial charge is 0.306 e. The van der Waals surface area contributed by atoms with E-state index in [0.29, 0.717) is 18.4 Å². The fraction of sp³-hybridized carbons (Fsp3) is 0.250. The van der Waals surface area contributed by atoms with Gasteiger partial charge in [-0.3, -0.25) is 9.36 Å². The lowest BCUT2D eigenvalue weighted by atomic mass is 10.2. The molecule has 2 aromatic heterocycles. The van der Waals surface area contributed by atoms with E-state index in [0.717, 1.165) is 27.5 Å². The standard InChI is InChI=1S/C22H21N5O6S3.C2H6/c1-3-15-5-4-6-20(34-15)36(32,33)26-22(29)25-14-7-10-19(23-12-14)27-13-24-18-9-8-16(35(2,30)31)11-17(18)21(27)28;1-2/h5-13H,3-4H2,1-2H3,(H2,25,26,29);1-2H3. The number of thioether (sulfide) groups is 1. The zero-order chi connectivity index (χ0) is 28.1. The molecule has 14 heteroatoms. The molecule has 2 N–H and O–H groups in total. The quantitative estimate of drug-likeness (QED) is 0.443. The molecule has 0 fully saturated rings. The van der Waals surface area contributed by atoms with Crippen molar-refractivity contribution in [3.05, 3.63) is 74.5 Å². The van der Waals surface area contributed by atoms with Crippen LogP contribution in [0, 0.1) is 0 Å². The minimum absolute atomic E-state index is 0.00977. The molecule has 1 aliphatic heterocycles. The Labute approximate surface area is 225 Å². The van der Waals surface area contributed by atoms with Crippen LogP contribution in [0.5, 0.6) is 0 Å². The first-order valence-electron chi connectivity index (χ1n) is 11.6. The van der Waals surface area contributed by atoms with E-state index in [1.807, 2.05) is 31.6 Å². The third-order valence-electron chi connectivity index (χ3n) is 5.11. The van der Waals surface area contributed by atoms with Crippen LogP contribution in [0.1, 0.15) is 33.6 Å². The highest BCUT2D eigenvalue weighted by molar-refractivity contribution is 8.20. The summed E-state index contributed by atoms with van der Waals surface area (Å²) in [6, 6.07) is 5.99. The number of carbonyl (C=O) groups is 1. The first-order valence-corrected chi connectivity index (χ1v) is 15.8. The number of nitrogens with one attached hydrogen (secondary N) is 2. The highest BCUT2D eigenvalue weighted by Gasteiger charge is 2.23. The van der Waals surface area contributed by atoms with Crippen molar-refractivity contribution in [1.82, 2.24) is 19.3 Å². The monoisotopic (exact) mass is 577 g/mol. The Morgan fingerprint density at radius 2 is 1.82 bits per heavy atom. The van der Waals surface area contributed by atoms with E-state index in [2.05, 4.69) is 15.3 Å². The van der Waals surface area contributed by atoms with Crippen LogP contribution in [-0.2, 0) is 19.9 Å². The van der Waals surface area contributed by atoms with Crippen LogP contribution in [0.2, 0.25) is 0 Å². The molecule has 0 atom stereocenters.